The Balaban J connectivity index is 1.91. The number of amides is 1. The van der Waals surface area contributed by atoms with E-state index in [0.29, 0.717) is 11.4 Å². The van der Waals surface area contributed by atoms with Crippen molar-refractivity contribution in [2.45, 2.75) is 39.2 Å². The maximum atomic E-state index is 12.7. The molecule has 6 nitrogen and oxygen atoms in total. The zero-order chi connectivity index (χ0) is 15.9. The van der Waals surface area contributed by atoms with Crippen molar-refractivity contribution in [3.63, 3.8) is 0 Å². The second-order valence-electron chi connectivity index (χ2n) is 5.58. The van der Waals surface area contributed by atoms with E-state index in [0.717, 1.165) is 30.0 Å². The predicted molar refractivity (Wildman–Crippen MR) is 85.8 cm³/mol. The monoisotopic (exact) mass is 317 g/mol. The fourth-order valence-corrected chi connectivity index (χ4v) is 4.02. The summed E-state index contributed by atoms with van der Waals surface area (Å²) in [4.78, 5) is 28.4. The van der Waals surface area contributed by atoms with Gasteiger partial charge in [0.15, 0.2) is 0 Å². The number of nitrogens with zero attached hydrogens (tertiary/aromatic N) is 4. The van der Waals surface area contributed by atoms with Crippen molar-refractivity contribution in [2.75, 3.05) is 12.8 Å². The highest BCUT2D eigenvalue weighted by molar-refractivity contribution is 7.11. The fourth-order valence-electron chi connectivity index (χ4n) is 2.87. The highest BCUT2D eigenvalue weighted by atomic mass is 32.1. The summed E-state index contributed by atoms with van der Waals surface area (Å²) in [5.74, 6) is 0.664. The highest BCUT2D eigenvalue weighted by Crippen LogP contribution is 2.37. The SMILES string of the molecule is Cc1ncc(C(=O)N(C)C2CCCc3nc(C)sc32)c(N)n1. The van der Waals surface area contributed by atoms with Gasteiger partial charge >= 0.3 is 0 Å². The molecule has 1 amide bonds. The Morgan fingerprint density at radius 2 is 2.18 bits per heavy atom. The van der Waals surface area contributed by atoms with Gasteiger partial charge < -0.3 is 10.6 Å². The lowest BCUT2D eigenvalue weighted by molar-refractivity contribution is 0.0718. The van der Waals surface area contributed by atoms with Gasteiger partial charge in [0.1, 0.15) is 17.2 Å². The van der Waals surface area contributed by atoms with Crippen LogP contribution in [0.2, 0.25) is 0 Å². The summed E-state index contributed by atoms with van der Waals surface area (Å²) in [6.45, 7) is 3.76. The molecule has 0 fully saturated rings. The van der Waals surface area contributed by atoms with E-state index in [1.165, 1.54) is 11.1 Å². The molecule has 0 aromatic carbocycles. The molecule has 0 saturated heterocycles. The molecule has 0 spiro atoms. The van der Waals surface area contributed by atoms with E-state index >= 15 is 0 Å². The van der Waals surface area contributed by atoms with E-state index in [1.54, 1.807) is 23.2 Å². The molecule has 1 aliphatic carbocycles. The second-order valence-corrected chi connectivity index (χ2v) is 6.82. The summed E-state index contributed by atoms with van der Waals surface area (Å²) in [6.07, 6.45) is 4.49. The van der Waals surface area contributed by atoms with Gasteiger partial charge in [0.25, 0.3) is 5.91 Å². The number of aromatic nitrogens is 3. The van der Waals surface area contributed by atoms with Crippen molar-refractivity contribution in [1.82, 2.24) is 19.9 Å². The molecule has 2 aromatic rings. The van der Waals surface area contributed by atoms with Gasteiger partial charge in [0.2, 0.25) is 0 Å². The number of thiazole rings is 1. The normalized spacial score (nSPS) is 17.1. The van der Waals surface area contributed by atoms with Crippen LogP contribution < -0.4 is 5.73 Å². The Hall–Kier alpha value is -2.02. The van der Waals surface area contributed by atoms with Gasteiger partial charge in [0.05, 0.1) is 21.6 Å². The van der Waals surface area contributed by atoms with Gasteiger partial charge in [-0.2, -0.15) is 0 Å². The van der Waals surface area contributed by atoms with Crippen LogP contribution >= 0.6 is 11.3 Å². The lowest BCUT2D eigenvalue weighted by Crippen LogP contribution is -2.33. The molecule has 0 saturated carbocycles. The summed E-state index contributed by atoms with van der Waals surface area (Å²) in [5.41, 5.74) is 7.37. The van der Waals surface area contributed by atoms with E-state index < -0.39 is 0 Å². The smallest absolute Gasteiger partial charge is 0.259 e. The van der Waals surface area contributed by atoms with E-state index in [2.05, 4.69) is 15.0 Å². The lowest BCUT2D eigenvalue weighted by Gasteiger charge is -2.30. The number of rotatable bonds is 2. The maximum absolute atomic E-state index is 12.7. The Bertz CT molecular complexity index is 727. The number of carbonyl (C=O) groups is 1. The number of fused-ring (bicyclic) bond motifs is 1. The first-order valence-electron chi connectivity index (χ1n) is 7.30. The molecule has 0 bridgehead atoms. The van der Waals surface area contributed by atoms with Crippen LogP contribution in [0.3, 0.4) is 0 Å². The Kier molecular flexibility index (Phi) is 3.82. The third-order valence-electron chi connectivity index (χ3n) is 3.99. The average Bonchev–Trinajstić information content (AvgIpc) is 2.85. The van der Waals surface area contributed by atoms with Crippen molar-refractivity contribution in [3.8, 4) is 0 Å². The average molecular weight is 317 g/mol. The number of anilines is 1. The third kappa shape index (κ3) is 2.56. The number of hydrogen-bond donors (Lipinski definition) is 1. The van der Waals surface area contributed by atoms with Crippen LogP contribution in [0, 0.1) is 13.8 Å². The molecule has 1 aliphatic rings. The van der Waals surface area contributed by atoms with Gasteiger partial charge in [-0.3, -0.25) is 4.79 Å². The molecular weight excluding hydrogens is 298 g/mol. The zero-order valence-corrected chi connectivity index (χ0v) is 13.8. The van der Waals surface area contributed by atoms with E-state index in [4.69, 9.17) is 5.73 Å². The summed E-state index contributed by atoms with van der Waals surface area (Å²) in [5, 5.41) is 1.05. The van der Waals surface area contributed by atoms with Gasteiger partial charge in [-0.1, -0.05) is 0 Å². The number of carbonyl (C=O) groups excluding carboxylic acids is 1. The molecule has 2 aromatic heterocycles. The van der Waals surface area contributed by atoms with E-state index in [1.807, 2.05) is 14.0 Å². The summed E-state index contributed by atoms with van der Waals surface area (Å²) in [6, 6.07) is 0.0585. The van der Waals surface area contributed by atoms with E-state index in [-0.39, 0.29) is 17.8 Å². The molecule has 1 atom stereocenters. The minimum atomic E-state index is -0.138. The number of aryl methyl sites for hydroxylation is 3. The fraction of sp³-hybridized carbons (Fsp3) is 0.467. The number of nitrogens with two attached hydrogens (primary N) is 1. The van der Waals surface area contributed by atoms with Gasteiger partial charge in [-0.25, -0.2) is 15.0 Å². The van der Waals surface area contributed by atoms with Crippen LogP contribution in [-0.4, -0.2) is 32.8 Å². The van der Waals surface area contributed by atoms with E-state index in [9.17, 15) is 4.79 Å². The second kappa shape index (κ2) is 5.64. The Labute approximate surface area is 133 Å². The maximum Gasteiger partial charge on any atom is 0.259 e. The van der Waals surface area contributed by atoms with Crippen molar-refractivity contribution in [3.05, 3.63) is 33.2 Å². The quantitative estimate of drug-likeness (QED) is 0.918. The first-order chi connectivity index (χ1) is 10.5. The van der Waals surface area contributed by atoms with Crippen molar-refractivity contribution in [2.24, 2.45) is 0 Å². The molecular formula is C15H19N5OS. The molecule has 3 rings (SSSR count). The predicted octanol–water partition coefficient (Wildman–Crippen LogP) is 2.28. The molecule has 0 aliphatic heterocycles. The molecule has 116 valence electrons. The standard InChI is InChI=1S/C15H19N5OS/c1-8-17-7-10(14(16)18-8)15(21)20(3)12-6-4-5-11-13(12)22-9(2)19-11/h7,12H,4-6H2,1-3H3,(H2,16,17,18). The lowest BCUT2D eigenvalue weighted by atomic mass is 9.96. The van der Waals surface area contributed by atoms with Gasteiger partial charge in [-0.05, 0) is 33.1 Å². The minimum absolute atomic E-state index is 0.0585. The van der Waals surface area contributed by atoms with Gasteiger partial charge in [0, 0.05) is 13.2 Å². The summed E-state index contributed by atoms with van der Waals surface area (Å²) in [7, 11) is 1.82. The molecule has 7 heteroatoms. The Morgan fingerprint density at radius 3 is 2.91 bits per heavy atom. The van der Waals surface area contributed by atoms with Crippen molar-refractivity contribution in [1.29, 1.82) is 0 Å². The molecule has 2 N–H and O–H groups in total. The van der Waals surface area contributed by atoms with Crippen LogP contribution in [0.4, 0.5) is 5.82 Å². The van der Waals surface area contributed by atoms with Crippen LogP contribution in [0.1, 0.15) is 50.6 Å². The van der Waals surface area contributed by atoms with Crippen LogP contribution in [0.25, 0.3) is 0 Å². The largest absolute Gasteiger partial charge is 0.383 e. The third-order valence-corrected chi connectivity index (χ3v) is 5.10. The van der Waals surface area contributed by atoms with Crippen LogP contribution in [-0.2, 0) is 6.42 Å². The molecule has 22 heavy (non-hydrogen) atoms. The Morgan fingerprint density at radius 1 is 1.41 bits per heavy atom. The first-order valence-corrected chi connectivity index (χ1v) is 8.11. The first kappa shape index (κ1) is 14.9. The zero-order valence-electron chi connectivity index (χ0n) is 13.0. The summed E-state index contributed by atoms with van der Waals surface area (Å²) < 4.78 is 0. The number of nitrogen functional groups attached to an aromatic ring is 1. The van der Waals surface area contributed by atoms with Crippen LogP contribution in [0.15, 0.2) is 6.20 Å². The van der Waals surface area contributed by atoms with Crippen LogP contribution in [0.5, 0.6) is 0 Å². The van der Waals surface area contributed by atoms with Gasteiger partial charge in [-0.15, -0.1) is 11.3 Å². The molecule has 0 radical (unpaired) electrons. The molecule has 2 heterocycles. The summed E-state index contributed by atoms with van der Waals surface area (Å²) >= 11 is 1.68. The topological polar surface area (TPSA) is 85.0 Å². The van der Waals surface area contributed by atoms with Crippen molar-refractivity contribution < 1.29 is 4.79 Å². The molecule has 1 unspecified atom stereocenters. The van der Waals surface area contributed by atoms with Crippen molar-refractivity contribution >= 4 is 23.1 Å². The minimum Gasteiger partial charge on any atom is -0.383 e. The number of hydrogen-bond acceptors (Lipinski definition) is 6. The highest BCUT2D eigenvalue weighted by Gasteiger charge is 2.30.